The predicted molar refractivity (Wildman–Crippen MR) is 86.7 cm³/mol. The van der Waals surface area contributed by atoms with Gasteiger partial charge in [-0.25, -0.2) is 4.79 Å². The first-order valence-electron chi connectivity index (χ1n) is 7.86. The molecule has 0 N–H and O–H groups in total. The summed E-state index contributed by atoms with van der Waals surface area (Å²) in [5, 5.41) is 0. The summed E-state index contributed by atoms with van der Waals surface area (Å²) in [7, 11) is 5.09. The maximum absolute atomic E-state index is 12.5. The summed E-state index contributed by atoms with van der Waals surface area (Å²) in [6.45, 7) is 0.233. The Bertz CT molecular complexity index is 598. The average molecular weight is 317 g/mol. The van der Waals surface area contributed by atoms with Gasteiger partial charge in [0.1, 0.15) is 6.79 Å². The van der Waals surface area contributed by atoms with Crippen LogP contribution in [-0.2, 0) is 19.0 Å². The fourth-order valence-corrected chi connectivity index (χ4v) is 3.77. The van der Waals surface area contributed by atoms with Gasteiger partial charge >= 0.3 is 5.97 Å². The molecule has 3 atom stereocenters. The van der Waals surface area contributed by atoms with Crippen LogP contribution >= 0.6 is 0 Å². The van der Waals surface area contributed by atoms with Gasteiger partial charge in [-0.3, -0.25) is 4.90 Å². The van der Waals surface area contributed by atoms with Crippen LogP contribution in [0.25, 0.3) is 5.57 Å². The lowest BCUT2D eigenvalue weighted by Crippen LogP contribution is -2.44. The number of hydrogen-bond donors (Lipinski definition) is 0. The van der Waals surface area contributed by atoms with Crippen LogP contribution < -0.4 is 0 Å². The highest BCUT2D eigenvalue weighted by Crippen LogP contribution is 2.43. The van der Waals surface area contributed by atoms with E-state index in [1.165, 1.54) is 7.11 Å². The van der Waals surface area contributed by atoms with E-state index in [0.29, 0.717) is 6.04 Å². The number of carbonyl (C=O) groups excluding carboxylic acids is 1. The molecule has 1 fully saturated rings. The third kappa shape index (κ3) is 2.92. The number of hydrogen-bond acceptors (Lipinski definition) is 5. The van der Waals surface area contributed by atoms with E-state index < -0.39 is 0 Å². The molecule has 2 bridgehead atoms. The van der Waals surface area contributed by atoms with Crippen LogP contribution in [0.4, 0.5) is 0 Å². The number of methoxy groups -OCH3 is 2. The summed E-state index contributed by atoms with van der Waals surface area (Å²) in [4.78, 5) is 14.7. The van der Waals surface area contributed by atoms with Gasteiger partial charge in [0.15, 0.2) is 0 Å². The summed E-state index contributed by atoms with van der Waals surface area (Å²) in [6.07, 6.45) is 1.66. The quantitative estimate of drug-likeness (QED) is 0.615. The van der Waals surface area contributed by atoms with E-state index >= 15 is 0 Å². The van der Waals surface area contributed by atoms with Gasteiger partial charge in [-0.1, -0.05) is 30.3 Å². The molecule has 1 aromatic rings. The van der Waals surface area contributed by atoms with Crippen LogP contribution in [0.3, 0.4) is 0 Å². The van der Waals surface area contributed by atoms with Crippen molar-refractivity contribution in [3.05, 3.63) is 41.5 Å². The van der Waals surface area contributed by atoms with Crippen molar-refractivity contribution in [1.82, 2.24) is 4.90 Å². The summed E-state index contributed by atoms with van der Waals surface area (Å²) in [6, 6.07) is 10.3. The van der Waals surface area contributed by atoms with Gasteiger partial charge in [0.25, 0.3) is 0 Å². The van der Waals surface area contributed by atoms with Crippen molar-refractivity contribution < 1.29 is 19.0 Å². The van der Waals surface area contributed by atoms with Gasteiger partial charge in [-0.15, -0.1) is 0 Å². The molecule has 2 aliphatic rings. The standard InChI is InChI=1S/C18H23NO4/c1-19-13-9-14(12-7-5-4-6-8-12)16(18(20)22-3)17(19)15(10-13)23-11-21-2/h4-8,13,15,17H,9-11H2,1-3H3/t13-,15-,17-/m1/s1. The second-order valence-electron chi connectivity index (χ2n) is 6.07. The average Bonchev–Trinajstić information content (AvgIpc) is 2.79. The molecule has 5 heteroatoms. The summed E-state index contributed by atoms with van der Waals surface area (Å²) in [5.74, 6) is -0.271. The predicted octanol–water partition coefficient (Wildman–Crippen LogP) is 2.08. The number of ether oxygens (including phenoxy) is 3. The molecule has 3 rings (SSSR count). The molecule has 0 unspecified atom stereocenters. The summed E-state index contributed by atoms with van der Waals surface area (Å²) < 4.78 is 16.0. The molecular formula is C18H23NO4. The summed E-state index contributed by atoms with van der Waals surface area (Å²) in [5.41, 5.74) is 2.88. The van der Waals surface area contributed by atoms with Crippen LogP contribution in [0, 0.1) is 0 Å². The van der Waals surface area contributed by atoms with E-state index in [4.69, 9.17) is 14.2 Å². The smallest absolute Gasteiger partial charge is 0.335 e. The van der Waals surface area contributed by atoms with Crippen molar-refractivity contribution in [2.24, 2.45) is 0 Å². The van der Waals surface area contributed by atoms with Crippen LogP contribution in [0.2, 0.25) is 0 Å². The van der Waals surface area contributed by atoms with Crippen LogP contribution in [0.1, 0.15) is 18.4 Å². The Morgan fingerprint density at radius 3 is 2.65 bits per heavy atom. The Balaban J connectivity index is 2.04. The van der Waals surface area contributed by atoms with E-state index in [1.54, 1.807) is 7.11 Å². The molecular weight excluding hydrogens is 294 g/mol. The maximum Gasteiger partial charge on any atom is 0.335 e. The molecule has 0 aromatic heterocycles. The third-order valence-corrected chi connectivity index (χ3v) is 4.86. The Morgan fingerprint density at radius 1 is 1.26 bits per heavy atom. The van der Waals surface area contributed by atoms with Crippen molar-refractivity contribution in [3.8, 4) is 0 Å². The molecule has 0 radical (unpaired) electrons. The zero-order valence-corrected chi connectivity index (χ0v) is 13.8. The molecule has 23 heavy (non-hydrogen) atoms. The molecule has 0 spiro atoms. The largest absolute Gasteiger partial charge is 0.466 e. The van der Waals surface area contributed by atoms with Crippen molar-refractivity contribution in [2.75, 3.05) is 28.1 Å². The first kappa shape index (κ1) is 16.2. The topological polar surface area (TPSA) is 48.0 Å². The minimum Gasteiger partial charge on any atom is -0.466 e. The normalized spacial score (nSPS) is 27.3. The van der Waals surface area contributed by atoms with E-state index in [0.717, 1.165) is 29.6 Å². The molecule has 2 heterocycles. The minimum absolute atomic E-state index is 0.0553. The van der Waals surface area contributed by atoms with Gasteiger partial charge in [-0.05, 0) is 31.0 Å². The lowest BCUT2D eigenvalue weighted by Gasteiger charge is -2.35. The molecule has 1 aromatic carbocycles. The lowest BCUT2D eigenvalue weighted by molar-refractivity contribution is -0.138. The zero-order valence-electron chi connectivity index (χ0n) is 13.8. The van der Waals surface area contributed by atoms with Crippen molar-refractivity contribution in [1.29, 1.82) is 0 Å². The van der Waals surface area contributed by atoms with E-state index in [2.05, 4.69) is 11.9 Å². The molecule has 124 valence electrons. The number of carbonyl (C=O) groups is 1. The first-order valence-corrected chi connectivity index (χ1v) is 7.86. The second kappa shape index (κ2) is 6.83. The number of nitrogens with zero attached hydrogens (tertiary/aromatic N) is 1. The van der Waals surface area contributed by atoms with E-state index in [9.17, 15) is 4.79 Å². The van der Waals surface area contributed by atoms with Gasteiger partial charge < -0.3 is 14.2 Å². The highest BCUT2D eigenvalue weighted by molar-refractivity contribution is 6.00. The number of fused-ring (bicyclic) bond motifs is 2. The minimum atomic E-state index is -0.271. The van der Waals surface area contributed by atoms with E-state index in [-0.39, 0.29) is 24.9 Å². The van der Waals surface area contributed by atoms with E-state index in [1.807, 2.05) is 30.3 Å². The first-order chi connectivity index (χ1) is 11.2. The second-order valence-corrected chi connectivity index (χ2v) is 6.07. The molecule has 0 aliphatic carbocycles. The van der Waals surface area contributed by atoms with Crippen molar-refractivity contribution in [2.45, 2.75) is 31.0 Å². The van der Waals surface area contributed by atoms with Crippen LogP contribution in [0.5, 0.6) is 0 Å². The monoisotopic (exact) mass is 317 g/mol. The van der Waals surface area contributed by atoms with Crippen LogP contribution in [-0.4, -0.2) is 57.1 Å². The SMILES string of the molecule is COCO[C@@H]1C[C@H]2CC(c3ccccc3)=C(C(=O)OC)[C@@H]1N2C. The molecule has 2 aliphatic heterocycles. The number of esters is 1. The number of likely N-dealkylation sites (N-methyl/N-ethyl adjacent to an activating group) is 1. The highest BCUT2D eigenvalue weighted by atomic mass is 16.7. The fraction of sp³-hybridized carbons (Fsp3) is 0.500. The van der Waals surface area contributed by atoms with Crippen molar-refractivity contribution in [3.63, 3.8) is 0 Å². The Kier molecular flexibility index (Phi) is 4.80. The van der Waals surface area contributed by atoms with Crippen LogP contribution in [0.15, 0.2) is 35.9 Å². The Morgan fingerprint density at radius 2 is 2.00 bits per heavy atom. The Hall–Kier alpha value is -1.69. The van der Waals surface area contributed by atoms with Gasteiger partial charge in [-0.2, -0.15) is 0 Å². The Labute approximate surface area is 136 Å². The molecule has 0 amide bonds. The third-order valence-electron chi connectivity index (χ3n) is 4.86. The molecule has 0 saturated carbocycles. The summed E-state index contributed by atoms with van der Waals surface area (Å²) >= 11 is 0. The zero-order chi connectivity index (χ0) is 16.4. The lowest BCUT2D eigenvalue weighted by atomic mass is 9.88. The molecule has 1 saturated heterocycles. The van der Waals surface area contributed by atoms with Gasteiger partial charge in [0, 0.05) is 13.2 Å². The fourth-order valence-electron chi connectivity index (χ4n) is 3.77. The van der Waals surface area contributed by atoms with Crippen molar-refractivity contribution >= 4 is 11.5 Å². The number of benzene rings is 1. The highest BCUT2D eigenvalue weighted by Gasteiger charge is 2.48. The molecule has 5 nitrogen and oxygen atoms in total. The van der Waals surface area contributed by atoms with Gasteiger partial charge in [0.05, 0.1) is 24.8 Å². The maximum atomic E-state index is 12.5. The van der Waals surface area contributed by atoms with Gasteiger partial charge in [0.2, 0.25) is 0 Å². The number of rotatable bonds is 5.